The lowest BCUT2D eigenvalue weighted by molar-refractivity contribution is -0.154. The monoisotopic (exact) mass is 245 g/mol. The summed E-state index contributed by atoms with van der Waals surface area (Å²) in [6.07, 6.45) is 0.306. The van der Waals surface area contributed by atoms with Gasteiger partial charge in [0.25, 0.3) is 5.91 Å². The molecule has 5 heteroatoms. The standard InChI is InChI=1S/C11H23NO3Si/c1-8-9(13)11(2,10(14)12(3)4)15-16(5,6)7/h8H2,1-7H3. The number of nitrogens with zero attached hydrogens (tertiary/aromatic N) is 1. The summed E-state index contributed by atoms with van der Waals surface area (Å²) in [7, 11) is 1.32. The second-order valence-electron chi connectivity index (χ2n) is 5.22. The summed E-state index contributed by atoms with van der Waals surface area (Å²) >= 11 is 0. The Hall–Kier alpha value is -0.683. The largest absolute Gasteiger partial charge is 0.398 e. The van der Waals surface area contributed by atoms with E-state index in [1.807, 2.05) is 19.6 Å². The first-order valence-electron chi connectivity index (χ1n) is 5.50. The molecule has 0 aromatic rings. The van der Waals surface area contributed by atoms with Crippen molar-refractivity contribution in [2.24, 2.45) is 0 Å². The zero-order valence-corrected chi connectivity index (χ0v) is 12.4. The number of amides is 1. The first kappa shape index (κ1) is 15.3. The van der Waals surface area contributed by atoms with Crippen LogP contribution in [0.25, 0.3) is 0 Å². The molecule has 0 aliphatic rings. The lowest BCUT2D eigenvalue weighted by Gasteiger charge is -2.35. The Morgan fingerprint density at radius 2 is 1.69 bits per heavy atom. The molecule has 0 heterocycles. The number of Topliss-reactive ketones (excluding diaryl/α,β-unsaturated/α-hetero) is 1. The van der Waals surface area contributed by atoms with Crippen LogP contribution in [0, 0.1) is 0 Å². The average molecular weight is 245 g/mol. The molecule has 0 aromatic heterocycles. The second kappa shape index (κ2) is 5.10. The zero-order valence-electron chi connectivity index (χ0n) is 11.4. The molecule has 0 aromatic carbocycles. The molecule has 0 aliphatic heterocycles. The molecule has 0 radical (unpaired) electrons. The van der Waals surface area contributed by atoms with Crippen LogP contribution in [0.1, 0.15) is 20.3 Å². The van der Waals surface area contributed by atoms with E-state index in [4.69, 9.17) is 4.43 Å². The van der Waals surface area contributed by atoms with Gasteiger partial charge in [-0.3, -0.25) is 9.59 Å². The fourth-order valence-corrected chi connectivity index (χ4v) is 3.02. The molecule has 1 amide bonds. The quantitative estimate of drug-likeness (QED) is 0.547. The highest BCUT2D eigenvalue weighted by atomic mass is 28.4. The molecular weight excluding hydrogens is 222 g/mol. The molecule has 0 N–H and O–H groups in total. The van der Waals surface area contributed by atoms with Crippen molar-refractivity contribution in [2.75, 3.05) is 14.1 Å². The maximum absolute atomic E-state index is 12.0. The Balaban J connectivity index is 5.20. The van der Waals surface area contributed by atoms with Crippen molar-refractivity contribution >= 4 is 20.0 Å². The van der Waals surface area contributed by atoms with E-state index in [0.29, 0.717) is 6.42 Å². The molecule has 4 nitrogen and oxygen atoms in total. The number of carbonyl (C=O) groups is 2. The molecular formula is C11H23NO3Si. The first-order valence-corrected chi connectivity index (χ1v) is 8.90. The van der Waals surface area contributed by atoms with Crippen LogP contribution in [-0.4, -0.2) is 44.6 Å². The highest BCUT2D eigenvalue weighted by Gasteiger charge is 2.44. The highest BCUT2D eigenvalue weighted by Crippen LogP contribution is 2.22. The smallest absolute Gasteiger partial charge is 0.260 e. The summed E-state index contributed by atoms with van der Waals surface area (Å²) in [6.45, 7) is 9.24. The predicted octanol–water partition coefficient (Wildman–Crippen LogP) is 1.66. The summed E-state index contributed by atoms with van der Waals surface area (Å²) in [5.74, 6) is -0.435. The van der Waals surface area contributed by atoms with Crippen LogP contribution in [0.15, 0.2) is 0 Å². The predicted molar refractivity (Wildman–Crippen MR) is 66.8 cm³/mol. The van der Waals surface area contributed by atoms with E-state index in [-0.39, 0.29) is 11.7 Å². The van der Waals surface area contributed by atoms with Crippen molar-refractivity contribution < 1.29 is 14.0 Å². The van der Waals surface area contributed by atoms with E-state index in [1.165, 1.54) is 4.90 Å². The number of rotatable bonds is 5. The number of hydrogen-bond acceptors (Lipinski definition) is 3. The number of carbonyl (C=O) groups excluding carboxylic acids is 2. The molecule has 16 heavy (non-hydrogen) atoms. The molecule has 0 spiro atoms. The molecule has 0 rings (SSSR count). The molecule has 1 unspecified atom stereocenters. The SMILES string of the molecule is CCC(=O)C(C)(O[Si](C)(C)C)C(=O)N(C)C. The van der Waals surface area contributed by atoms with Gasteiger partial charge in [0.1, 0.15) is 0 Å². The summed E-state index contributed by atoms with van der Waals surface area (Å²) in [4.78, 5) is 25.4. The third kappa shape index (κ3) is 3.72. The van der Waals surface area contributed by atoms with Crippen LogP contribution >= 0.6 is 0 Å². The minimum absolute atomic E-state index is 0.159. The minimum Gasteiger partial charge on any atom is -0.398 e. The van der Waals surface area contributed by atoms with E-state index in [2.05, 4.69) is 0 Å². The van der Waals surface area contributed by atoms with Gasteiger partial charge in [0.15, 0.2) is 19.7 Å². The Bertz CT molecular complexity index is 283. The Kier molecular flexibility index (Phi) is 4.88. The number of ketones is 1. The van der Waals surface area contributed by atoms with Gasteiger partial charge in [0, 0.05) is 20.5 Å². The lowest BCUT2D eigenvalue weighted by atomic mass is 9.97. The van der Waals surface area contributed by atoms with Crippen LogP contribution in [0.4, 0.5) is 0 Å². The molecule has 0 saturated heterocycles. The van der Waals surface area contributed by atoms with E-state index < -0.39 is 13.9 Å². The number of hydrogen-bond donors (Lipinski definition) is 0. The van der Waals surface area contributed by atoms with E-state index in [9.17, 15) is 9.59 Å². The topological polar surface area (TPSA) is 46.6 Å². The number of likely N-dealkylation sites (N-methyl/N-ethyl adjacent to an activating group) is 1. The normalized spacial score (nSPS) is 15.4. The maximum atomic E-state index is 12.0. The van der Waals surface area contributed by atoms with Crippen LogP contribution in [0.5, 0.6) is 0 Å². The van der Waals surface area contributed by atoms with Gasteiger partial charge in [-0.2, -0.15) is 0 Å². The van der Waals surface area contributed by atoms with Crippen molar-refractivity contribution in [3.63, 3.8) is 0 Å². The highest BCUT2D eigenvalue weighted by molar-refractivity contribution is 6.70. The Labute approximate surface area is 99.1 Å². The van der Waals surface area contributed by atoms with Gasteiger partial charge in [0.05, 0.1) is 0 Å². The van der Waals surface area contributed by atoms with Gasteiger partial charge in [-0.25, -0.2) is 0 Å². The van der Waals surface area contributed by atoms with Crippen molar-refractivity contribution in [1.82, 2.24) is 4.90 Å². The van der Waals surface area contributed by atoms with Crippen LogP contribution < -0.4 is 0 Å². The van der Waals surface area contributed by atoms with Crippen molar-refractivity contribution in [3.8, 4) is 0 Å². The lowest BCUT2D eigenvalue weighted by Crippen LogP contribution is -2.56. The van der Waals surface area contributed by atoms with Crippen LogP contribution in [-0.2, 0) is 14.0 Å². The minimum atomic E-state index is -1.95. The molecule has 1 atom stereocenters. The first-order chi connectivity index (χ1) is 7.04. The van der Waals surface area contributed by atoms with E-state index >= 15 is 0 Å². The third-order valence-corrected chi connectivity index (χ3v) is 3.20. The van der Waals surface area contributed by atoms with Gasteiger partial charge in [0.2, 0.25) is 0 Å². The average Bonchev–Trinajstić information content (AvgIpc) is 2.12. The van der Waals surface area contributed by atoms with Crippen LogP contribution in [0.3, 0.4) is 0 Å². The molecule has 0 saturated carbocycles. The van der Waals surface area contributed by atoms with Crippen molar-refractivity contribution in [2.45, 2.75) is 45.5 Å². The Morgan fingerprint density at radius 3 is 1.94 bits per heavy atom. The third-order valence-electron chi connectivity index (χ3n) is 2.18. The van der Waals surface area contributed by atoms with Crippen LogP contribution in [0.2, 0.25) is 19.6 Å². The van der Waals surface area contributed by atoms with Crippen molar-refractivity contribution in [3.05, 3.63) is 0 Å². The second-order valence-corrected chi connectivity index (χ2v) is 9.65. The molecule has 0 aliphatic carbocycles. The van der Waals surface area contributed by atoms with Gasteiger partial charge >= 0.3 is 0 Å². The molecule has 0 fully saturated rings. The van der Waals surface area contributed by atoms with Crippen molar-refractivity contribution in [1.29, 1.82) is 0 Å². The van der Waals surface area contributed by atoms with E-state index in [1.54, 1.807) is 27.9 Å². The summed E-state index contributed by atoms with van der Waals surface area (Å²) in [5.41, 5.74) is -1.32. The maximum Gasteiger partial charge on any atom is 0.260 e. The molecule has 94 valence electrons. The summed E-state index contributed by atoms with van der Waals surface area (Å²) in [5, 5.41) is 0. The fraction of sp³-hybridized carbons (Fsp3) is 0.818. The summed E-state index contributed by atoms with van der Waals surface area (Å²) in [6, 6.07) is 0. The summed E-state index contributed by atoms with van der Waals surface area (Å²) < 4.78 is 5.80. The van der Waals surface area contributed by atoms with Gasteiger partial charge < -0.3 is 9.33 Å². The van der Waals surface area contributed by atoms with Gasteiger partial charge in [-0.05, 0) is 26.6 Å². The zero-order chi connectivity index (χ0) is 13.1. The molecule has 0 bridgehead atoms. The van der Waals surface area contributed by atoms with E-state index in [0.717, 1.165) is 0 Å². The van der Waals surface area contributed by atoms with Gasteiger partial charge in [-0.1, -0.05) is 6.92 Å². The van der Waals surface area contributed by atoms with Gasteiger partial charge in [-0.15, -0.1) is 0 Å². The Morgan fingerprint density at radius 1 is 1.25 bits per heavy atom. The fourth-order valence-electron chi connectivity index (χ4n) is 1.60.